The molecule has 0 saturated heterocycles. The molecule has 0 spiro atoms. The lowest BCUT2D eigenvalue weighted by Gasteiger charge is -2.13. The van der Waals surface area contributed by atoms with Crippen molar-refractivity contribution in [1.29, 1.82) is 0 Å². The molecule has 0 radical (unpaired) electrons. The summed E-state index contributed by atoms with van der Waals surface area (Å²) < 4.78 is 0. The first kappa shape index (κ1) is 9.92. The summed E-state index contributed by atoms with van der Waals surface area (Å²) in [5.74, 6) is 0. The fourth-order valence-corrected chi connectivity index (χ4v) is 0.866. The number of nitrogens with two attached hydrogens (primary N) is 1. The zero-order valence-corrected chi connectivity index (χ0v) is 7.01. The SMILES string of the molecule is CCCCCC(O)C(C)N. The third-order valence-electron chi connectivity index (χ3n) is 1.71. The molecule has 0 saturated carbocycles. The molecule has 0 aromatic heterocycles. The number of hydrogen-bond donors (Lipinski definition) is 2. The Labute approximate surface area is 63.4 Å². The van der Waals surface area contributed by atoms with Crippen LogP contribution in [0.1, 0.15) is 39.5 Å². The Hall–Kier alpha value is -0.0800. The van der Waals surface area contributed by atoms with Gasteiger partial charge >= 0.3 is 0 Å². The van der Waals surface area contributed by atoms with Crippen LogP contribution < -0.4 is 5.73 Å². The van der Waals surface area contributed by atoms with Crippen molar-refractivity contribution in [3.05, 3.63) is 0 Å². The first-order chi connectivity index (χ1) is 4.68. The van der Waals surface area contributed by atoms with Gasteiger partial charge in [0, 0.05) is 6.04 Å². The summed E-state index contributed by atoms with van der Waals surface area (Å²) in [6.07, 6.45) is 4.05. The van der Waals surface area contributed by atoms with Gasteiger partial charge < -0.3 is 10.8 Å². The van der Waals surface area contributed by atoms with Gasteiger partial charge in [-0.1, -0.05) is 26.2 Å². The summed E-state index contributed by atoms with van der Waals surface area (Å²) in [6.45, 7) is 3.99. The Bertz CT molecular complexity index is 73.7. The van der Waals surface area contributed by atoms with Gasteiger partial charge in [-0.25, -0.2) is 0 Å². The average molecular weight is 145 g/mol. The Morgan fingerprint density at radius 2 is 2.00 bits per heavy atom. The van der Waals surface area contributed by atoms with Crippen LogP contribution in [0, 0.1) is 0 Å². The molecule has 2 nitrogen and oxygen atoms in total. The monoisotopic (exact) mass is 145 g/mol. The van der Waals surface area contributed by atoms with Crippen LogP contribution in [0.2, 0.25) is 0 Å². The van der Waals surface area contributed by atoms with Gasteiger partial charge in [0.1, 0.15) is 0 Å². The predicted octanol–water partition coefficient (Wildman–Crippen LogP) is 1.27. The summed E-state index contributed by atoms with van der Waals surface area (Å²) in [7, 11) is 0. The maximum atomic E-state index is 9.23. The minimum absolute atomic E-state index is 0.0724. The number of aliphatic hydroxyl groups is 1. The lowest BCUT2D eigenvalue weighted by Crippen LogP contribution is -2.31. The van der Waals surface area contributed by atoms with Crippen LogP contribution in [0.4, 0.5) is 0 Å². The lowest BCUT2D eigenvalue weighted by atomic mass is 10.1. The summed E-state index contributed by atoms with van der Waals surface area (Å²) in [4.78, 5) is 0. The standard InChI is InChI=1S/C8H19NO/c1-3-4-5-6-8(10)7(2)9/h7-8,10H,3-6,9H2,1-2H3. The minimum Gasteiger partial charge on any atom is -0.392 e. The van der Waals surface area contributed by atoms with Crippen LogP contribution >= 0.6 is 0 Å². The molecule has 0 aromatic rings. The van der Waals surface area contributed by atoms with E-state index in [4.69, 9.17) is 5.73 Å². The van der Waals surface area contributed by atoms with Crippen LogP contribution in [0.15, 0.2) is 0 Å². The van der Waals surface area contributed by atoms with Gasteiger partial charge in [0.25, 0.3) is 0 Å². The third-order valence-corrected chi connectivity index (χ3v) is 1.71. The van der Waals surface area contributed by atoms with Gasteiger partial charge in [0.05, 0.1) is 6.10 Å². The molecule has 0 amide bonds. The lowest BCUT2D eigenvalue weighted by molar-refractivity contribution is 0.138. The van der Waals surface area contributed by atoms with E-state index in [1.165, 1.54) is 12.8 Å². The van der Waals surface area contributed by atoms with E-state index in [-0.39, 0.29) is 12.1 Å². The molecule has 0 aliphatic rings. The number of unbranched alkanes of at least 4 members (excludes halogenated alkanes) is 2. The second kappa shape index (κ2) is 5.69. The van der Waals surface area contributed by atoms with Gasteiger partial charge in [-0.2, -0.15) is 0 Å². The first-order valence-electron chi connectivity index (χ1n) is 4.12. The summed E-state index contributed by atoms with van der Waals surface area (Å²) in [6, 6.07) is -0.0724. The first-order valence-corrected chi connectivity index (χ1v) is 4.12. The fraction of sp³-hybridized carbons (Fsp3) is 1.00. The topological polar surface area (TPSA) is 46.2 Å². The highest BCUT2D eigenvalue weighted by Gasteiger charge is 2.07. The zero-order chi connectivity index (χ0) is 7.98. The molecule has 0 heterocycles. The zero-order valence-electron chi connectivity index (χ0n) is 7.01. The molecular weight excluding hydrogens is 126 g/mol. The molecule has 62 valence electrons. The van der Waals surface area contributed by atoms with E-state index >= 15 is 0 Å². The van der Waals surface area contributed by atoms with E-state index in [2.05, 4.69) is 6.92 Å². The van der Waals surface area contributed by atoms with Crippen LogP contribution in [0.25, 0.3) is 0 Å². The van der Waals surface area contributed by atoms with Crippen LogP contribution in [0.5, 0.6) is 0 Å². The molecule has 0 aliphatic heterocycles. The van der Waals surface area contributed by atoms with Crippen LogP contribution in [-0.4, -0.2) is 17.3 Å². The van der Waals surface area contributed by atoms with E-state index in [1.807, 2.05) is 6.92 Å². The van der Waals surface area contributed by atoms with Crippen molar-refractivity contribution < 1.29 is 5.11 Å². The highest BCUT2D eigenvalue weighted by atomic mass is 16.3. The molecular formula is C8H19NO. The van der Waals surface area contributed by atoms with Crippen LogP contribution in [0.3, 0.4) is 0 Å². The number of rotatable bonds is 5. The van der Waals surface area contributed by atoms with Gasteiger partial charge in [-0.3, -0.25) is 0 Å². The quantitative estimate of drug-likeness (QED) is 0.572. The Balaban J connectivity index is 3.13. The Morgan fingerprint density at radius 3 is 2.40 bits per heavy atom. The molecule has 2 unspecified atom stereocenters. The van der Waals surface area contributed by atoms with Crippen molar-refractivity contribution in [2.75, 3.05) is 0 Å². The molecule has 3 N–H and O–H groups in total. The Kier molecular flexibility index (Phi) is 5.64. The van der Waals surface area contributed by atoms with Crippen LogP contribution in [-0.2, 0) is 0 Å². The molecule has 2 heteroatoms. The smallest absolute Gasteiger partial charge is 0.0688 e. The van der Waals surface area contributed by atoms with E-state index in [0.29, 0.717) is 0 Å². The third kappa shape index (κ3) is 4.77. The van der Waals surface area contributed by atoms with E-state index in [0.717, 1.165) is 12.8 Å². The van der Waals surface area contributed by atoms with Gasteiger partial charge in [0.2, 0.25) is 0 Å². The van der Waals surface area contributed by atoms with Gasteiger partial charge in [-0.15, -0.1) is 0 Å². The molecule has 0 bridgehead atoms. The van der Waals surface area contributed by atoms with Crippen molar-refractivity contribution in [1.82, 2.24) is 0 Å². The van der Waals surface area contributed by atoms with Crippen molar-refractivity contribution in [2.24, 2.45) is 5.73 Å². The van der Waals surface area contributed by atoms with Crippen molar-refractivity contribution in [3.63, 3.8) is 0 Å². The van der Waals surface area contributed by atoms with Crippen molar-refractivity contribution >= 4 is 0 Å². The molecule has 2 atom stereocenters. The van der Waals surface area contributed by atoms with Crippen molar-refractivity contribution in [3.8, 4) is 0 Å². The largest absolute Gasteiger partial charge is 0.392 e. The second-order valence-electron chi connectivity index (χ2n) is 2.92. The van der Waals surface area contributed by atoms with Gasteiger partial charge in [0.15, 0.2) is 0 Å². The average Bonchev–Trinajstić information content (AvgIpc) is 1.88. The molecule has 0 fully saturated rings. The highest BCUT2D eigenvalue weighted by Crippen LogP contribution is 2.04. The maximum Gasteiger partial charge on any atom is 0.0688 e. The summed E-state index contributed by atoms with van der Waals surface area (Å²) in [5.41, 5.74) is 5.47. The van der Waals surface area contributed by atoms with E-state index in [1.54, 1.807) is 0 Å². The molecule has 0 aliphatic carbocycles. The minimum atomic E-state index is -0.299. The summed E-state index contributed by atoms with van der Waals surface area (Å²) in [5, 5.41) is 9.23. The normalized spacial score (nSPS) is 16.8. The predicted molar refractivity (Wildman–Crippen MR) is 43.8 cm³/mol. The maximum absolute atomic E-state index is 9.23. The van der Waals surface area contributed by atoms with E-state index in [9.17, 15) is 5.11 Å². The highest BCUT2D eigenvalue weighted by molar-refractivity contribution is 4.65. The molecule has 10 heavy (non-hydrogen) atoms. The van der Waals surface area contributed by atoms with Crippen molar-refractivity contribution in [2.45, 2.75) is 51.7 Å². The number of aliphatic hydroxyl groups excluding tert-OH is 1. The second-order valence-corrected chi connectivity index (χ2v) is 2.92. The summed E-state index contributed by atoms with van der Waals surface area (Å²) >= 11 is 0. The molecule has 0 rings (SSSR count). The van der Waals surface area contributed by atoms with E-state index < -0.39 is 0 Å². The number of hydrogen-bond acceptors (Lipinski definition) is 2. The van der Waals surface area contributed by atoms with Gasteiger partial charge in [-0.05, 0) is 13.3 Å². The Morgan fingerprint density at radius 1 is 1.40 bits per heavy atom. The fourth-order valence-electron chi connectivity index (χ4n) is 0.866. The molecule has 0 aromatic carbocycles.